The summed E-state index contributed by atoms with van der Waals surface area (Å²) in [6.07, 6.45) is 3.37. The predicted molar refractivity (Wildman–Crippen MR) is 84.2 cm³/mol. The summed E-state index contributed by atoms with van der Waals surface area (Å²) in [6.45, 7) is 10.5. The Labute approximate surface area is 126 Å². The fourth-order valence-electron chi connectivity index (χ4n) is 2.19. The minimum absolute atomic E-state index is 0.000585. The highest BCUT2D eigenvalue weighted by Crippen LogP contribution is 2.25. The van der Waals surface area contributed by atoms with Crippen molar-refractivity contribution < 1.29 is 14.3 Å². The van der Waals surface area contributed by atoms with Crippen LogP contribution in [0.5, 0.6) is 5.75 Å². The Morgan fingerprint density at radius 3 is 2.10 bits per heavy atom. The second-order valence-electron chi connectivity index (χ2n) is 4.92. The molecule has 0 aliphatic rings. The molecule has 0 saturated heterocycles. The summed E-state index contributed by atoms with van der Waals surface area (Å²) in [6, 6.07) is 3.80. The van der Waals surface area contributed by atoms with Gasteiger partial charge in [0, 0.05) is 26.1 Å². The average Bonchev–Trinajstić information content (AvgIpc) is 2.41. The van der Waals surface area contributed by atoms with Crippen molar-refractivity contribution in [1.82, 2.24) is 4.90 Å². The largest absolute Gasteiger partial charge is 0.426 e. The highest BCUT2D eigenvalue weighted by Gasteiger charge is 2.09. The summed E-state index contributed by atoms with van der Waals surface area (Å²) in [5, 5.41) is 0. The molecule has 0 aliphatic carbocycles. The summed E-state index contributed by atoms with van der Waals surface area (Å²) in [7, 11) is 0. The van der Waals surface area contributed by atoms with Crippen LogP contribution in [0.3, 0.4) is 0 Å². The first-order valence-corrected chi connectivity index (χ1v) is 7.15. The molecule has 0 spiro atoms. The molecule has 0 aliphatic heterocycles. The van der Waals surface area contributed by atoms with Gasteiger partial charge in [0.1, 0.15) is 5.75 Å². The van der Waals surface area contributed by atoms with Crippen molar-refractivity contribution in [3.8, 4) is 5.75 Å². The summed E-state index contributed by atoms with van der Waals surface area (Å²) in [5.41, 5.74) is 2.67. The van der Waals surface area contributed by atoms with Crippen LogP contribution in [0.15, 0.2) is 18.2 Å². The van der Waals surface area contributed by atoms with Crippen molar-refractivity contribution in [3.05, 3.63) is 34.9 Å². The van der Waals surface area contributed by atoms with Gasteiger partial charge in [0.05, 0.1) is 0 Å². The third-order valence-corrected chi connectivity index (χ3v) is 3.22. The highest BCUT2D eigenvalue weighted by molar-refractivity contribution is 5.91. The van der Waals surface area contributed by atoms with E-state index in [1.54, 1.807) is 17.1 Å². The summed E-state index contributed by atoms with van der Waals surface area (Å²) < 4.78 is 5.19. The molecule has 4 nitrogen and oxygen atoms in total. The minimum atomic E-state index is -0.332. The molecule has 0 bridgehead atoms. The molecule has 0 heterocycles. The molecule has 0 N–H and O–H groups in total. The number of esters is 1. The number of ether oxygens (including phenoxy) is 1. The van der Waals surface area contributed by atoms with Crippen LogP contribution in [-0.2, 0) is 9.59 Å². The quantitative estimate of drug-likeness (QED) is 0.475. The molecule has 4 heteroatoms. The van der Waals surface area contributed by atoms with Crippen molar-refractivity contribution >= 4 is 18.0 Å². The molecular formula is C17H23NO3. The number of benzene rings is 1. The van der Waals surface area contributed by atoms with Gasteiger partial charge in [-0.15, -0.1) is 0 Å². The second-order valence-corrected chi connectivity index (χ2v) is 4.92. The Kier molecular flexibility index (Phi) is 6.15. The van der Waals surface area contributed by atoms with Gasteiger partial charge in [-0.2, -0.15) is 0 Å². The van der Waals surface area contributed by atoms with Gasteiger partial charge in [0.25, 0.3) is 0 Å². The average molecular weight is 289 g/mol. The van der Waals surface area contributed by atoms with Gasteiger partial charge >= 0.3 is 5.97 Å². The van der Waals surface area contributed by atoms with Crippen molar-refractivity contribution in [2.24, 2.45) is 0 Å². The summed E-state index contributed by atoms with van der Waals surface area (Å²) in [5.74, 6) is 0.260. The lowest BCUT2D eigenvalue weighted by atomic mass is 10.1. The lowest BCUT2D eigenvalue weighted by Crippen LogP contribution is -2.28. The third-order valence-electron chi connectivity index (χ3n) is 3.22. The van der Waals surface area contributed by atoms with Gasteiger partial charge in [-0.25, -0.2) is 0 Å². The van der Waals surface area contributed by atoms with Gasteiger partial charge < -0.3 is 9.64 Å². The first kappa shape index (κ1) is 17.0. The van der Waals surface area contributed by atoms with E-state index in [1.807, 2.05) is 39.8 Å². The van der Waals surface area contributed by atoms with E-state index in [0.29, 0.717) is 18.8 Å². The van der Waals surface area contributed by atoms with Gasteiger partial charge in [-0.05, 0) is 62.6 Å². The summed E-state index contributed by atoms with van der Waals surface area (Å²) in [4.78, 5) is 24.8. The van der Waals surface area contributed by atoms with E-state index in [-0.39, 0.29) is 11.9 Å². The number of carbonyl (C=O) groups is 2. The Morgan fingerprint density at radius 1 is 1.14 bits per heavy atom. The number of nitrogens with zero attached hydrogens (tertiary/aromatic N) is 1. The van der Waals surface area contributed by atoms with Crippen LogP contribution in [-0.4, -0.2) is 29.9 Å². The molecule has 114 valence electrons. The fourth-order valence-corrected chi connectivity index (χ4v) is 2.19. The number of carbonyl (C=O) groups excluding carboxylic acids is 2. The lowest BCUT2D eigenvalue weighted by molar-refractivity contribution is -0.132. The van der Waals surface area contributed by atoms with E-state index in [9.17, 15) is 9.59 Å². The van der Waals surface area contributed by atoms with Crippen LogP contribution in [0.1, 0.15) is 37.5 Å². The Morgan fingerprint density at radius 2 is 1.67 bits per heavy atom. The summed E-state index contributed by atoms with van der Waals surface area (Å²) >= 11 is 0. The smallest absolute Gasteiger partial charge is 0.308 e. The van der Waals surface area contributed by atoms with E-state index in [2.05, 4.69) is 0 Å². The number of hydrogen-bond donors (Lipinski definition) is 0. The van der Waals surface area contributed by atoms with E-state index in [4.69, 9.17) is 4.74 Å². The van der Waals surface area contributed by atoms with Crippen LogP contribution in [0.4, 0.5) is 0 Å². The standard InChI is InChI=1S/C17H23NO3/c1-6-18(7-2)16(20)9-8-15-10-12(3)17(13(4)11-15)21-14(5)19/h8-11H,6-7H2,1-5H3/b9-8+. The molecule has 1 amide bonds. The van der Waals surface area contributed by atoms with Gasteiger partial charge in [-0.3, -0.25) is 9.59 Å². The number of hydrogen-bond acceptors (Lipinski definition) is 3. The fraction of sp³-hybridized carbons (Fsp3) is 0.412. The monoisotopic (exact) mass is 289 g/mol. The first-order chi connectivity index (χ1) is 9.88. The molecule has 21 heavy (non-hydrogen) atoms. The molecule has 0 radical (unpaired) electrons. The van der Waals surface area contributed by atoms with Crippen molar-refractivity contribution in [2.75, 3.05) is 13.1 Å². The zero-order valence-electron chi connectivity index (χ0n) is 13.4. The molecule has 0 aromatic heterocycles. The second kappa shape index (κ2) is 7.62. The number of likely N-dealkylation sites (N-methyl/N-ethyl adjacent to an activating group) is 1. The van der Waals surface area contributed by atoms with Crippen LogP contribution in [0, 0.1) is 13.8 Å². The third kappa shape index (κ3) is 4.74. The Bertz CT molecular complexity index is 534. The van der Waals surface area contributed by atoms with Crippen LogP contribution in [0.25, 0.3) is 6.08 Å². The topological polar surface area (TPSA) is 46.6 Å². The van der Waals surface area contributed by atoms with E-state index >= 15 is 0 Å². The minimum Gasteiger partial charge on any atom is -0.426 e. The Hall–Kier alpha value is -2.10. The molecular weight excluding hydrogens is 266 g/mol. The lowest BCUT2D eigenvalue weighted by Gasteiger charge is -2.16. The number of amides is 1. The van der Waals surface area contributed by atoms with Crippen LogP contribution < -0.4 is 4.74 Å². The maximum absolute atomic E-state index is 11.9. The van der Waals surface area contributed by atoms with E-state index in [1.165, 1.54) is 6.92 Å². The normalized spacial score (nSPS) is 10.7. The van der Waals surface area contributed by atoms with Gasteiger partial charge in [0.2, 0.25) is 5.91 Å². The van der Waals surface area contributed by atoms with Crippen LogP contribution >= 0.6 is 0 Å². The van der Waals surface area contributed by atoms with Crippen molar-refractivity contribution in [3.63, 3.8) is 0 Å². The number of rotatable bonds is 5. The first-order valence-electron chi connectivity index (χ1n) is 7.15. The van der Waals surface area contributed by atoms with Crippen molar-refractivity contribution in [1.29, 1.82) is 0 Å². The molecule has 0 unspecified atom stereocenters. The van der Waals surface area contributed by atoms with Crippen LogP contribution in [0.2, 0.25) is 0 Å². The predicted octanol–water partition coefficient (Wildman–Crippen LogP) is 3.11. The van der Waals surface area contributed by atoms with Gasteiger partial charge in [0.15, 0.2) is 0 Å². The molecule has 0 saturated carbocycles. The van der Waals surface area contributed by atoms with E-state index in [0.717, 1.165) is 16.7 Å². The van der Waals surface area contributed by atoms with E-state index < -0.39 is 0 Å². The molecule has 1 aromatic rings. The maximum Gasteiger partial charge on any atom is 0.308 e. The molecule has 1 aromatic carbocycles. The Balaban J connectivity index is 2.96. The SMILES string of the molecule is CCN(CC)C(=O)/C=C/c1cc(C)c(OC(C)=O)c(C)c1. The molecule has 1 rings (SSSR count). The zero-order valence-corrected chi connectivity index (χ0v) is 13.4. The molecule has 0 fully saturated rings. The van der Waals surface area contributed by atoms with Crippen molar-refractivity contribution in [2.45, 2.75) is 34.6 Å². The molecule has 0 atom stereocenters. The van der Waals surface area contributed by atoms with Gasteiger partial charge in [-0.1, -0.05) is 0 Å². The number of aryl methyl sites for hydroxylation is 2. The highest BCUT2D eigenvalue weighted by atomic mass is 16.5. The maximum atomic E-state index is 11.9. The zero-order chi connectivity index (χ0) is 16.0.